The van der Waals surface area contributed by atoms with Crippen LogP contribution in [0.25, 0.3) is 0 Å². The minimum absolute atomic E-state index is 0.109. The van der Waals surface area contributed by atoms with Gasteiger partial charge in [0.25, 0.3) is 0 Å². The van der Waals surface area contributed by atoms with Crippen molar-refractivity contribution in [1.82, 2.24) is 0 Å². The quantitative estimate of drug-likeness (QED) is 0.546. The Hall–Kier alpha value is -0.680. The molecule has 4 rings (SSSR count). The third-order valence-corrected chi connectivity index (χ3v) is 7.58. The summed E-state index contributed by atoms with van der Waals surface area (Å²) < 4.78 is 0. The van der Waals surface area contributed by atoms with Gasteiger partial charge in [0.1, 0.15) is 0 Å². The molecular weight excluding hydrogens is 292 g/mol. The molecule has 0 aliphatic heterocycles. The molecule has 4 unspecified atom stereocenters. The van der Waals surface area contributed by atoms with Gasteiger partial charge >= 0.3 is 0 Å². The van der Waals surface area contributed by atoms with Gasteiger partial charge in [-0.1, -0.05) is 37.1 Å². The lowest BCUT2D eigenvalue weighted by molar-refractivity contribution is -0.0564. The molecule has 0 aromatic carbocycles. The SMILES string of the molecule is C[C@]12CC(O)C(O)CC1=CC=C1[C@H]2CC[C@]2(C)C(O)C(O)C[C@@H]12. The van der Waals surface area contributed by atoms with Crippen LogP contribution in [0, 0.1) is 22.7 Å². The number of aliphatic hydroxyl groups is 4. The van der Waals surface area contributed by atoms with Crippen LogP contribution in [0.3, 0.4) is 0 Å². The van der Waals surface area contributed by atoms with E-state index in [9.17, 15) is 20.4 Å². The van der Waals surface area contributed by atoms with Crippen molar-refractivity contribution in [2.24, 2.45) is 22.7 Å². The van der Waals surface area contributed by atoms with Crippen LogP contribution in [-0.2, 0) is 0 Å². The fourth-order valence-corrected chi connectivity index (χ4v) is 6.03. The molecule has 23 heavy (non-hydrogen) atoms. The third-order valence-electron chi connectivity index (χ3n) is 7.58. The molecule has 0 amide bonds. The van der Waals surface area contributed by atoms with E-state index in [1.807, 2.05) is 0 Å². The highest BCUT2D eigenvalue weighted by atomic mass is 16.3. The number of hydrogen-bond donors (Lipinski definition) is 4. The summed E-state index contributed by atoms with van der Waals surface area (Å²) in [5.74, 6) is 0.560. The highest BCUT2D eigenvalue weighted by Gasteiger charge is 2.59. The van der Waals surface area contributed by atoms with E-state index in [4.69, 9.17) is 0 Å². The fourth-order valence-electron chi connectivity index (χ4n) is 6.03. The maximum Gasteiger partial charge on any atom is 0.0858 e. The summed E-state index contributed by atoms with van der Waals surface area (Å²) >= 11 is 0. The molecular formula is C19H28O4. The lowest BCUT2D eigenvalue weighted by Gasteiger charge is -2.54. The van der Waals surface area contributed by atoms with Gasteiger partial charge in [0.2, 0.25) is 0 Å². The van der Waals surface area contributed by atoms with Gasteiger partial charge < -0.3 is 20.4 Å². The van der Waals surface area contributed by atoms with Crippen molar-refractivity contribution in [3.05, 3.63) is 23.3 Å². The van der Waals surface area contributed by atoms with Gasteiger partial charge in [-0.05, 0) is 49.4 Å². The molecule has 4 aliphatic rings. The molecule has 0 aromatic rings. The van der Waals surface area contributed by atoms with Crippen molar-refractivity contribution in [3.63, 3.8) is 0 Å². The summed E-state index contributed by atoms with van der Waals surface area (Å²) in [4.78, 5) is 0. The van der Waals surface area contributed by atoms with Crippen molar-refractivity contribution in [2.75, 3.05) is 0 Å². The minimum Gasteiger partial charge on any atom is -0.390 e. The molecule has 4 aliphatic carbocycles. The Morgan fingerprint density at radius 2 is 1.70 bits per heavy atom. The van der Waals surface area contributed by atoms with Crippen molar-refractivity contribution in [2.45, 2.75) is 70.4 Å². The van der Waals surface area contributed by atoms with Gasteiger partial charge in [0, 0.05) is 5.41 Å². The number of rotatable bonds is 0. The maximum absolute atomic E-state index is 10.5. The van der Waals surface area contributed by atoms with E-state index >= 15 is 0 Å². The molecule has 8 atom stereocenters. The number of hydrogen-bond acceptors (Lipinski definition) is 4. The maximum atomic E-state index is 10.5. The van der Waals surface area contributed by atoms with Crippen LogP contribution in [-0.4, -0.2) is 44.8 Å². The summed E-state index contributed by atoms with van der Waals surface area (Å²) in [6.45, 7) is 4.33. The predicted molar refractivity (Wildman–Crippen MR) is 86.5 cm³/mol. The Balaban J connectivity index is 1.74. The third kappa shape index (κ3) is 1.98. The minimum atomic E-state index is -0.662. The Morgan fingerprint density at radius 1 is 0.957 bits per heavy atom. The van der Waals surface area contributed by atoms with E-state index in [2.05, 4.69) is 26.0 Å². The topological polar surface area (TPSA) is 80.9 Å². The molecule has 0 heterocycles. The largest absolute Gasteiger partial charge is 0.390 e. The molecule has 0 saturated heterocycles. The molecule has 4 N–H and O–H groups in total. The molecule has 3 saturated carbocycles. The molecule has 4 heteroatoms. The van der Waals surface area contributed by atoms with Gasteiger partial charge in [0.15, 0.2) is 0 Å². The zero-order valence-corrected chi connectivity index (χ0v) is 13.9. The second-order valence-corrected chi connectivity index (χ2v) is 8.72. The van der Waals surface area contributed by atoms with E-state index < -0.39 is 24.4 Å². The summed E-state index contributed by atoms with van der Waals surface area (Å²) in [5, 5.41) is 40.9. The average molecular weight is 320 g/mol. The standard InChI is InChI=1S/C19H28O4/c1-18-6-5-12-11(13(18)8-15(21)17(18)23)4-3-10-7-14(20)16(22)9-19(10,12)2/h3-4,12-17,20-23H,5-9H2,1-2H3/t12-,13+,14?,15?,16?,17?,18+,19+/m1/s1. The van der Waals surface area contributed by atoms with E-state index in [1.54, 1.807) is 0 Å². The number of allylic oxidation sites excluding steroid dienone is 3. The first-order valence-corrected chi connectivity index (χ1v) is 8.91. The average Bonchev–Trinajstić information content (AvgIpc) is 2.73. The van der Waals surface area contributed by atoms with Crippen molar-refractivity contribution >= 4 is 0 Å². The molecule has 4 nitrogen and oxygen atoms in total. The zero-order chi connectivity index (χ0) is 16.6. The van der Waals surface area contributed by atoms with Crippen LogP contribution in [0.4, 0.5) is 0 Å². The second kappa shape index (κ2) is 4.92. The normalized spacial score (nSPS) is 55.4. The van der Waals surface area contributed by atoms with Crippen LogP contribution >= 0.6 is 0 Å². The van der Waals surface area contributed by atoms with E-state index in [0.29, 0.717) is 25.2 Å². The fraction of sp³-hybridized carbons (Fsp3) is 0.789. The molecule has 0 aromatic heterocycles. The van der Waals surface area contributed by atoms with Crippen LogP contribution in [0.2, 0.25) is 0 Å². The number of aliphatic hydroxyl groups excluding tert-OH is 4. The summed E-state index contributed by atoms with van der Waals surface area (Å²) in [6.07, 6.45) is 5.35. The first kappa shape index (κ1) is 15.8. The Kier molecular flexibility index (Phi) is 3.38. The smallest absolute Gasteiger partial charge is 0.0858 e. The van der Waals surface area contributed by atoms with Crippen LogP contribution in [0.5, 0.6) is 0 Å². The van der Waals surface area contributed by atoms with Gasteiger partial charge in [-0.25, -0.2) is 0 Å². The summed E-state index contributed by atoms with van der Waals surface area (Å²) in [7, 11) is 0. The lowest BCUT2D eigenvalue weighted by atomic mass is 9.51. The monoisotopic (exact) mass is 320 g/mol. The van der Waals surface area contributed by atoms with Gasteiger partial charge in [-0.3, -0.25) is 0 Å². The van der Waals surface area contributed by atoms with Gasteiger partial charge in [-0.2, -0.15) is 0 Å². The number of fused-ring (bicyclic) bond motifs is 5. The van der Waals surface area contributed by atoms with Crippen LogP contribution in [0.1, 0.15) is 46.0 Å². The van der Waals surface area contributed by atoms with Crippen molar-refractivity contribution in [3.8, 4) is 0 Å². The zero-order valence-electron chi connectivity index (χ0n) is 13.9. The van der Waals surface area contributed by atoms with Crippen LogP contribution < -0.4 is 0 Å². The Morgan fingerprint density at radius 3 is 2.43 bits per heavy atom. The lowest BCUT2D eigenvalue weighted by Crippen LogP contribution is -2.50. The van der Waals surface area contributed by atoms with Gasteiger partial charge in [0.05, 0.1) is 24.4 Å². The Labute approximate surface area is 137 Å². The summed E-state index contributed by atoms with van der Waals surface area (Å²) in [5.41, 5.74) is 2.23. The highest BCUT2D eigenvalue weighted by Crippen LogP contribution is 2.63. The molecule has 128 valence electrons. The van der Waals surface area contributed by atoms with Crippen molar-refractivity contribution in [1.29, 1.82) is 0 Å². The first-order valence-electron chi connectivity index (χ1n) is 8.91. The van der Waals surface area contributed by atoms with E-state index in [1.165, 1.54) is 11.1 Å². The first-order chi connectivity index (χ1) is 10.8. The Bertz CT molecular complexity index is 582. The van der Waals surface area contributed by atoms with Crippen LogP contribution in [0.15, 0.2) is 23.3 Å². The van der Waals surface area contributed by atoms with E-state index in [-0.39, 0.29) is 16.7 Å². The van der Waals surface area contributed by atoms with E-state index in [0.717, 1.165) is 12.8 Å². The molecule has 3 fully saturated rings. The molecule has 0 bridgehead atoms. The molecule has 0 radical (unpaired) electrons. The van der Waals surface area contributed by atoms with Crippen molar-refractivity contribution < 1.29 is 20.4 Å². The predicted octanol–water partition coefficient (Wildman–Crippen LogP) is 1.53. The van der Waals surface area contributed by atoms with Gasteiger partial charge in [-0.15, -0.1) is 0 Å². The highest BCUT2D eigenvalue weighted by molar-refractivity contribution is 5.39. The molecule has 0 spiro atoms. The summed E-state index contributed by atoms with van der Waals surface area (Å²) in [6, 6.07) is 0. The second-order valence-electron chi connectivity index (χ2n) is 8.72.